The number of nitrogens with zero attached hydrogens (tertiary/aromatic N) is 2. The van der Waals surface area contributed by atoms with Crippen LogP contribution in [0.25, 0.3) is 0 Å². The zero-order valence-electron chi connectivity index (χ0n) is 11.3. The molecule has 0 amide bonds. The van der Waals surface area contributed by atoms with E-state index in [1.54, 1.807) is 0 Å². The van der Waals surface area contributed by atoms with Gasteiger partial charge in [0.25, 0.3) is 0 Å². The molecular weight excluding hydrogens is 287 g/mol. The number of aromatic nitrogens is 1. The first-order valence-corrected chi connectivity index (χ1v) is 9.86. The maximum absolute atomic E-state index is 6.05. The monoisotopic (exact) mass is 308 g/mol. The van der Waals surface area contributed by atoms with E-state index in [0.717, 1.165) is 17.7 Å². The van der Waals surface area contributed by atoms with Gasteiger partial charge in [-0.05, 0) is 0 Å². The van der Waals surface area contributed by atoms with Crippen LogP contribution in [0.15, 0.2) is 18.3 Å². The summed E-state index contributed by atoms with van der Waals surface area (Å²) in [4.78, 5) is 6.95. The van der Waals surface area contributed by atoms with Gasteiger partial charge in [0.1, 0.15) is 0 Å². The van der Waals surface area contributed by atoms with Crippen LogP contribution in [0.5, 0.6) is 5.75 Å². The summed E-state index contributed by atoms with van der Waals surface area (Å²) in [6.45, 7) is 2.19. The van der Waals surface area contributed by atoms with Crippen LogP contribution in [0, 0.1) is 5.92 Å². The number of likely N-dealkylation sites (tertiary alicyclic amines) is 1. The Bertz CT molecular complexity index is 422. The van der Waals surface area contributed by atoms with E-state index in [1.807, 2.05) is 6.20 Å². The third-order valence-corrected chi connectivity index (χ3v) is 6.03. The summed E-state index contributed by atoms with van der Waals surface area (Å²) < 4.78 is 7.29. The van der Waals surface area contributed by atoms with Gasteiger partial charge in [0.2, 0.25) is 0 Å². The van der Waals surface area contributed by atoms with Crippen molar-refractivity contribution in [1.82, 2.24) is 9.88 Å². The Morgan fingerprint density at radius 1 is 1.44 bits per heavy atom. The van der Waals surface area contributed by atoms with Crippen molar-refractivity contribution < 1.29 is 4.74 Å². The van der Waals surface area contributed by atoms with E-state index in [1.165, 1.54) is 17.3 Å². The average Bonchev–Trinajstić information content (AvgIpc) is 3.09. The standard InChI is InChI=1S/C14H21AsN2O/c1-9(12-6-10-7-13(10)17(12)3)18-11-4-5-14(15-2)16-8-11/h4-5,8-10,12-13,15H,6-7H2,1-3H3. The predicted molar refractivity (Wildman–Crippen MR) is 75.0 cm³/mol. The Kier molecular flexibility index (Phi) is 3.38. The molecular formula is C14H21AsN2O. The number of rotatable bonds is 4. The second-order valence-corrected chi connectivity index (χ2v) is 7.61. The van der Waals surface area contributed by atoms with Crippen LogP contribution in [0.2, 0.25) is 5.71 Å². The quantitative estimate of drug-likeness (QED) is 0.778. The fraction of sp³-hybridized carbons (Fsp3) is 0.643. The maximum atomic E-state index is 6.05. The molecule has 3 nitrogen and oxygen atoms in total. The Morgan fingerprint density at radius 2 is 2.28 bits per heavy atom. The predicted octanol–water partition coefficient (Wildman–Crippen LogP) is 1.05. The van der Waals surface area contributed by atoms with Crippen LogP contribution in [0.3, 0.4) is 0 Å². The van der Waals surface area contributed by atoms with Crippen molar-refractivity contribution in [2.45, 2.75) is 43.7 Å². The molecule has 1 aromatic heterocycles. The van der Waals surface area contributed by atoms with E-state index >= 15 is 0 Å². The zero-order chi connectivity index (χ0) is 12.7. The Morgan fingerprint density at radius 3 is 2.83 bits per heavy atom. The molecule has 0 radical (unpaired) electrons. The number of pyridine rings is 1. The van der Waals surface area contributed by atoms with Gasteiger partial charge < -0.3 is 0 Å². The summed E-state index contributed by atoms with van der Waals surface area (Å²) in [6, 6.07) is 5.60. The summed E-state index contributed by atoms with van der Waals surface area (Å²) in [5.41, 5.74) is 2.24. The first-order chi connectivity index (χ1) is 8.69. The molecule has 1 aliphatic carbocycles. The molecule has 0 N–H and O–H groups in total. The van der Waals surface area contributed by atoms with Crippen LogP contribution in [0.4, 0.5) is 0 Å². The van der Waals surface area contributed by atoms with Crippen molar-refractivity contribution in [2.75, 3.05) is 7.05 Å². The minimum absolute atomic E-state index is 0.0381. The molecule has 2 aliphatic rings. The molecule has 2 heterocycles. The first-order valence-electron chi connectivity index (χ1n) is 6.71. The van der Waals surface area contributed by atoms with Crippen molar-refractivity contribution >= 4 is 20.2 Å². The van der Waals surface area contributed by atoms with Gasteiger partial charge in [-0.1, -0.05) is 0 Å². The van der Waals surface area contributed by atoms with Crippen LogP contribution in [0.1, 0.15) is 19.8 Å². The Balaban J connectivity index is 1.61. The van der Waals surface area contributed by atoms with Gasteiger partial charge in [-0.3, -0.25) is 0 Å². The number of likely N-dealkylation sites (N-methyl/N-ethyl adjacent to an activating group) is 1. The molecule has 1 aliphatic heterocycles. The van der Waals surface area contributed by atoms with E-state index in [4.69, 9.17) is 4.74 Å². The summed E-state index contributed by atoms with van der Waals surface area (Å²) >= 11 is -0.0381. The Labute approximate surface area is 116 Å². The molecule has 1 saturated heterocycles. The van der Waals surface area contributed by atoms with Crippen molar-refractivity contribution in [3.63, 3.8) is 0 Å². The normalized spacial score (nSPS) is 32.7. The Hall–Kier alpha value is -0.532. The van der Waals surface area contributed by atoms with E-state index in [2.05, 4.69) is 41.7 Å². The molecule has 2 fully saturated rings. The molecule has 1 aromatic rings. The number of piperidine rings is 1. The molecule has 0 spiro atoms. The van der Waals surface area contributed by atoms with Gasteiger partial charge in [-0.15, -0.1) is 0 Å². The summed E-state index contributed by atoms with van der Waals surface area (Å²) in [6.07, 6.45) is 4.84. The number of fused-ring (bicyclic) bond motifs is 1. The number of ether oxygens (including phenoxy) is 1. The van der Waals surface area contributed by atoms with Crippen molar-refractivity contribution in [3.05, 3.63) is 18.3 Å². The third-order valence-electron chi connectivity index (χ3n) is 4.33. The number of hydrogen-bond acceptors (Lipinski definition) is 3. The van der Waals surface area contributed by atoms with Gasteiger partial charge in [0.05, 0.1) is 0 Å². The molecule has 0 aromatic carbocycles. The SMILES string of the molecule is C[AsH]c1ccc(OC(C)C2CC3CC3N2C)cn1. The van der Waals surface area contributed by atoms with Crippen molar-refractivity contribution in [3.8, 4) is 5.75 Å². The van der Waals surface area contributed by atoms with Crippen molar-refractivity contribution in [2.24, 2.45) is 5.92 Å². The second kappa shape index (κ2) is 4.86. The molecule has 18 heavy (non-hydrogen) atoms. The molecule has 1 saturated carbocycles. The van der Waals surface area contributed by atoms with Gasteiger partial charge in [-0.25, -0.2) is 0 Å². The second-order valence-electron chi connectivity index (χ2n) is 5.48. The molecule has 5 atom stereocenters. The minimum atomic E-state index is -0.0381. The van der Waals surface area contributed by atoms with E-state index in [0.29, 0.717) is 6.04 Å². The average molecular weight is 308 g/mol. The fourth-order valence-corrected chi connectivity index (χ4v) is 4.05. The van der Waals surface area contributed by atoms with Gasteiger partial charge in [-0.2, -0.15) is 0 Å². The molecule has 0 bridgehead atoms. The van der Waals surface area contributed by atoms with E-state index in [-0.39, 0.29) is 21.9 Å². The van der Waals surface area contributed by atoms with Gasteiger partial charge in [0, 0.05) is 0 Å². The summed E-state index contributed by atoms with van der Waals surface area (Å²) in [5, 5.41) is 0. The first kappa shape index (κ1) is 12.5. The van der Waals surface area contributed by atoms with Crippen LogP contribution in [-0.4, -0.2) is 50.9 Å². The molecule has 3 rings (SSSR count). The molecule has 4 heteroatoms. The van der Waals surface area contributed by atoms with Crippen LogP contribution >= 0.6 is 0 Å². The summed E-state index contributed by atoms with van der Waals surface area (Å²) in [7, 11) is 2.24. The van der Waals surface area contributed by atoms with Crippen LogP contribution < -0.4 is 9.22 Å². The summed E-state index contributed by atoms with van der Waals surface area (Å²) in [5.74, 6) is 1.86. The third kappa shape index (κ3) is 2.31. The fourth-order valence-electron chi connectivity index (χ4n) is 3.12. The van der Waals surface area contributed by atoms with E-state index in [9.17, 15) is 0 Å². The van der Waals surface area contributed by atoms with Gasteiger partial charge >= 0.3 is 116 Å². The van der Waals surface area contributed by atoms with Crippen molar-refractivity contribution in [1.29, 1.82) is 0 Å². The zero-order valence-corrected chi connectivity index (χ0v) is 13.4. The topological polar surface area (TPSA) is 25.4 Å². The number of hydrogen-bond donors (Lipinski definition) is 0. The molecule has 5 unspecified atom stereocenters. The van der Waals surface area contributed by atoms with Gasteiger partial charge in [0.15, 0.2) is 0 Å². The van der Waals surface area contributed by atoms with E-state index < -0.39 is 0 Å². The molecule has 98 valence electrons. The van der Waals surface area contributed by atoms with Crippen LogP contribution in [-0.2, 0) is 0 Å².